The van der Waals surface area contributed by atoms with Crippen LogP contribution in [0.4, 0.5) is 0 Å². The quantitative estimate of drug-likeness (QED) is 0.808. The third-order valence-corrected chi connectivity index (χ3v) is 4.45. The van der Waals surface area contributed by atoms with Crippen LogP contribution in [0.25, 0.3) is 0 Å². The number of nitrogens with zero attached hydrogens (tertiary/aromatic N) is 2. The Morgan fingerprint density at radius 1 is 1.13 bits per heavy atom. The fourth-order valence-electron chi connectivity index (χ4n) is 3.21. The van der Waals surface area contributed by atoms with Crippen molar-refractivity contribution in [2.75, 3.05) is 45.9 Å². The molecule has 0 aliphatic carbocycles. The van der Waals surface area contributed by atoms with Crippen LogP contribution in [0.15, 0.2) is 18.2 Å². The van der Waals surface area contributed by atoms with Crippen LogP contribution in [0.1, 0.15) is 36.5 Å². The predicted molar refractivity (Wildman–Crippen MR) is 89.3 cm³/mol. The fraction of sp³-hybridized carbons (Fsp3) is 0.611. The molecule has 1 fully saturated rings. The van der Waals surface area contributed by atoms with E-state index in [1.165, 1.54) is 12.8 Å². The van der Waals surface area contributed by atoms with Gasteiger partial charge in [0.15, 0.2) is 11.5 Å². The lowest BCUT2D eigenvalue weighted by atomic mass is 10.1. The maximum atomic E-state index is 12.8. The zero-order valence-electron chi connectivity index (χ0n) is 13.9. The summed E-state index contributed by atoms with van der Waals surface area (Å²) in [6, 6.07) is 5.50. The van der Waals surface area contributed by atoms with Crippen LogP contribution < -0.4 is 9.47 Å². The van der Waals surface area contributed by atoms with Crippen molar-refractivity contribution in [1.29, 1.82) is 0 Å². The van der Waals surface area contributed by atoms with Crippen LogP contribution in [0.3, 0.4) is 0 Å². The van der Waals surface area contributed by atoms with E-state index in [-0.39, 0.29) is 5.91 Å². The van der Waals surface area contributed by atoms with E-state index in [9.17, 15) is 4.79 Å². The summed E-state index contributed by atoms with van der Waals surface area (Å²) in [6.45, 7) is 8.10. The van der Waals surface area contributed by atoms with Crippen molar-refractivity contribution in [1.82, 2.24) is 9.80 Å². The van der Waals surface area contributed by atoms with Crippen LogP contribution in [0.5, 0.6) is 11.5 Å². The first kappa shape index (κ1) is 16.1. The molecule has 5 nitrogen and oxygen atoms in total. The maximum Gasteiger partial charge on any atom is 0.254 e. The van der Waals surface area contributed by atoms with Crippen LogP contribution >= 0.6 is 0 Å². The molecule has 0 atom stereocenters. The van der Waals surface area contributed by atoms with E-state index < -0.39 is 0 Å². The Hall–Kier alpha value is -1.75. The Morgan fingerprint density at radius 3 is 2.61 bits per heavy atom. The van der Waals surface area contributed by atoms with Crippen LogP contribution in [-0.2, 0) is 0 Å². The molecule has 1 aromatic carbocycles. The lowest BCUT2D eigenvalue weighted by molar-refractivity contribution is 0.0739. The van der Waals surface area contributed by atoms with Crippen molar-refractivity contribution in [2.45, 2.75) is 26.2 Å². The summed E-state index contributed by atoms with van der Waals surface area (Å²) < 4.78 is 11.1. The van der Waals surface area contributed by atoms with Crippen LogP contribution in [0.2, 0.25) is 0 Å². The van der Waals surface area contributed by atoms with Crippen molar-refractivity contribution in [3.63, 3.8) is 0 Å². The number of likely N-dealkylation sites (tertiary alicyclic amines) is 1. The highest BCUT2D eigenvalue weighted by molar-refractivity contribution is 5.95. The van der Waals surface area contributed by atoms with E-state index in [1.807, 2.05) is 23.1 Å². The van der Waals surface area contributed by atoms with E-state index in [4.69, 9.17) is 9.47 Å². The molecule has 1 saturated heterocycles. The minimum absolute atomic E-state index is 0.0861. The summed E-state index contributed by atoms with van der Waals surface area (Å²) in [7, 11) is 0. The van der Waals surface area contributed by atoms with Gasteiger partial charge in [0, 0.05) is 25.2 Å². The first-order valence-corrected chi connectivity index (χ1v) is 8.69. The van der Waals surface area contributed by atoms with E-state index in [0.29, 0.717) is 24.5 Å². The summed E-state index contributed by atoms with van der Waals surface area (Å²) in [4.78, 5) is 17.2. The van der Waals surface area contributed by atoms with Gasteiger partial charge in [-0.1, -0.05) is 6.92 Å². The Balaban J connectivity index is 1.66. The second-order valence-corrected chi connectivity index (χ2v) is 6.20. The van der Waals surface area contributed by atoms with E-state index in [1.54, 1.807) is 0 Å². The number of ether oxygens (including phenoxy) is 2. The zero-order valence-corrected chi connectivity index (χ0v) is 13.9. The Kier molecular flexibility index (Phi) is 5.39. The second kappa shape index (κ2) is 7.68. The van der Waals surface area contributed by atoms with Gasteiger partial charge in [-0.15, -0.1) is 0 Å². The van der Waals surface area contributed by atoms with Crippen molar-refractivity contribution >= 4 is 5.91 Å². The van der Waals surface area contributed by atoms with Crippen LogP contribution in [-0.4, -0.2) is 61.6 Å². The van der Waals surface area contributed by atoms with Crippen LogP contribution in [0, 0.1) is 0 Å². The van der Waals surface area contributed by atoms with E-state index in [0.717, 1.165) is 44.9 Å². The average molecular weight is 318 g/mol. The van der Waals surface area contributed by atoms with Gasteiger partial charge in [-0.05, 0) is 50.6 Å². The minimum atomic E-state index is 0.0861. The molecule has 2 heterocycles. The van der Waals surface area contributed by atoms with Gasteiger partial charge in [0.2, 0.25) is 0 Å². The number of carbonyl (C=O) groups excluding carboxylic acids is 1. The number of hydrogen-bond acceptors (Lipinski definition) is 4. The predicted octanol–water partition coefficient (Wildman–Crippen LogP) is 2.41. The van der Waals surface area contributed by atoms with Crippen molar-refractivity contribution in [3.05, 3.63) is 23.8 Å². The molecule has 0 saturated carbocycles. The third-order valence-electron chi connectivity index (χ3n) is 4.45. The highest BCUT2D eigenvalue weighted by atomic mass is 16.6. The van der Waals surface area contributed by atoms with Gasteiger partial charge < -0.3 is 19.3 Å². The first-order valence-electron chi connectivity index (χ1n) is 8.69. The topological polar surface area (TPSA) is 42.0 Å². The first-order chi connectivity index (χ1) is 11.3. The van der Waals surface area contributed by atoms with Gasteiger partial charge in [0.25, 0.3) is 5.91 Å². The second-order valence-electron chi connectivity index (χ2n) is 6.20. The van der Waals surface area contributed by atoms with Gasteiger partial charge in [0.1, 0.15) is 13.2 Å². The number of hydrogen-bond donors (Lipinski definition) is 0. The molecule has 2 aliphatic heterocycles. The molecule has 1 aromatic rings. The molecule has 0 unspecified atom stereocenters. The number of fused-ring (bicyclic) bond motifs is 1. The molecule has 23 heavy (non-hydrogen) atoms. The Labute approximate surface area is 138 Å². The molecule has 0 spiro atoms. The lowest BCUT2D eigenvalue weighted by Gasteiger charge is -2.26. The summed E-state index contributed by atoms with van der Waals surface area (Å²) >= 11 is 0. The summed E-state index contributed by atoms with van der Waals surface area (Å²) in [6.07, 6.45) is 3.53. The molecule has 0 bridgehead atoms. The third kappa shape index (κ3) is 3.96. The zero-order chi connectivity index (χ0) is 16.1. The largest absolute Gasteiger partial charge is 0.486 e. The fourth-order valence-corrected chi connectivity index (χ4v) is 3.21. The molecular weight excluding hydrogens is 292 g/mol. The summed E-state index contributed by atoms with van der Waals surface area (Å²) in [5, 5.41) is 0. The Bertz CT molecular complexity index is 541. The van der Waals surface area contributed by atoms with Gasteiger partial charge in [0.05, 0.1) is 0 Å². The van der Waals surface area contributed by atoms with E-state index in [2.05, 4.69) is 11.8 Å². The molecule has 0 aromatic heterocycles. The minimum Gasteiger partial charge on any atom is -0.486 e. The smallest absolute Gasteiger partial charge is 0.254 e. The maximum absolute atomic E-state index is 12.8. The number of carbonyl (C=O) groups is 1. The lowest BCUT2D eigenvalue weighted by Crippen LogP contribution is -2.38. The van der Waals surface area contributed by atoms with Gasteiger partial charge >= 0.3 is 0 Å². The number of benzene rings is 1. The van der Waals surface area contributed by atoms with Gasteiger partial charge in [-0.2, -0.15) is 0 Å². The summed E-state index contributed by atoms with van der Waals surface area (Å²) in [5.41, 5.74) is 0.684. The molecule has 5 heteroatoms. The van der Waals surface area contributed by atoms with Crippen molar-refractivity contribution in [2.24, 2.45) is 0 Å². The monoisotopic (exact) mass is 318 g/mol. The van der Waals surface area contributed by atoms with Crippen molar-refractivity contribution in [3.8, 4) is 11.5 Å². The van der Waals surface area contributed by atoms with Gasteiger partial charge in [-0.3, -0.25) is 4.79 Å². The number of amides is 1. The molecule has 2 aliphatic rings. The molecule has 0 radical (unpaired) electrons. The highest BCUT2D eigenvalue weighted by Gasteiger charge is 2.20. The summed E-state index contributed by atoms with van der Waals surface area (Å²) in [5.74, 6) is 1.49. The highest BCUT2D eigenvalue weighted by Crippen LogP contribution is 2.31. The average Bonchev–Trinajstić information content (AvgIpc) is 3.11. The molecule has 126 valence electrons. The molecule has 0 N–H and O–H groups in total. The number of rotatable bonds is 6. The molecule has 3 rings (SSSR count). The SMILES string of the molecule is CCCN(CCN1CCCC1)C(=O)c1ccc2c(c1)OCCO2. The Morgan fingerprint density at radius 2 is 1.87 bits per heavy atom. The normalized spacial score (nSPS) is 17.3. The van der Waals surface area contributed by atoms with Crippen molar-refractivity contribution < 1.29 is 14.3 Å². The molecule has 1 amide bonds. The van der Waals surface area contributed by atoms with E-state index >= 15 is 0 Å². The molecular formula is C18H26N2O3. The van der Waals surface area contributed by atoms with Gasteiger partial charge in [-0.25, -0.2) is 0 Å². The standard InChI is InChI=1S/C18H26N2O3/c1-2-7-20(11-10-19-8-3-4-9-19)18(21)15-5-6-16-17(14-15)23-13-12-22-16/h5-6,14H,2-4,7-13H2,1H3.